The summed E-state index contributed by atoms with van der Waals surface area (Å²) in [5, 5.41) is 6.14. The molecule has 1 aromatic carbocycles. The molecule has 25 heavy (non-hydrogen) atoms. The Morgan fingerprint density at radius 2 is 2.04 bits per heavy atom. The first-order chi connectivity index (χ1) is 12.0. The number of anilines is 1. The van der Waals surface area contributed by atoms with E-state index in [1.54, 1.807) is 20.1 Å². The minimum Gasteiger partial charge on any atom is -0.497 e. The number of nitrogens with zero attached hydrogens (tertiary/aromatic N) is 2. The molecule has 0 aliphatic rings. The van der Waals surface area contributed by atoms with E-state index in [9.17, 15) is 4.79 Å². The molecule has 0 radical (unpaired) electrons. The third kappa shape index (κ3) is 6.06. The summed E-state index contributed by atoms with van der Waals surface area (Å²) in [4.78, 5) is 20.9. The Morgan fingerprint density at radius 1 is 1.24 bits per heavy atom. The van der Waals surface area contributed by atoms with Crippen molar-refractivity contribution in [3.8, 4) is 5.75 Å². The number of benzene rings is 1. The second-order valence-corrected chi connectivity index (χ2v) is 6.32. The van der Waals surface area contributed by atoms with Gasteiger partial charge in [0.05, 0.1) is 7.11 Å². The lowest BCUT2D eigenvalue weighted by Gasteiger charge is -2.11. The number of amides is 1. The van der Waals surface area contributed by atoms with Crippen molar-refractivity contribution < 1.29 is 9.53 Å². The van der Waals surface area contributed by atoms with E-state index in [0.717, 1.165) is 24.3 Å². The number of rotatable bonds is 8. The fourth-order valence-electron chi connectivity index (χ4n) is 2.32. The van der Waals surface area contributed by atoms with Gasteiger partial charge in [0.1, 0.15) is 23.1 Å². The zero-order valence-corrected chi connectivity index (χ0v) is 15.3. The van der Waals surface area contributed by atoms with Crippen LogP contribution in [0.15, 0.2) is 30.3 Å². The van der Waals surface area contributed by atoms with Gasteiger partial charge in [0.15, 0.2) is 0 Å². The fourth-order valence-corrected chi connectivity index (χ4v) is 2.32. The number of aryl methyl sites for hydroxylation is 1. The predicted octanol–water partition coefficient (Wildman–Crippen LogP) is 2.83. The van der Waals surface area contributed by atoms with Gasteiger partial charge in [0, 0.05) is 19.2 Å². The lowest BCUT2D eigenvalue weighted by Crippen LogP contribution is -2.27. The Kier molecular flexibility index (Phi) is 6.74. The van der Waals surface area contributed by atoms with Crippen molar-refractivity contribution in [1.82, 2.24) is 15.3 Å². The van der Waals surface area contributed by atoms with Crippen LogP contribution in [0.4, 0.5) is 5.82 Å². The van der Waals surface area contributed by atoms with E-state index in [-0.39, 0.29) is 5.91 Å². The Balaban J connectivity index is 1.93. The van der Waals surface area contributed by atoms with E-state index >= 15 is 0 Å². The van der Waals surface area contributed by atoms with Crippen molar-refractivity contribution in [2.75, 3.05) is 25.5 Å². The standard InChI is InChI=1S/C19H26N4O2/c1-13(2)12-21-18-11-17(22-14(3)23-18)19(24)20-9-8-15-6-5-7-16(10-15)25-4/h5-7,10-11,13H,8-9,12H2,1-4H3,(H,20,24)(H,21,22,23). The molecule has 0 atom stereocenters. The number of nitrogens with one attached hydrogen (secondary N) is 2. The van der Waals surface area contributed by atoms with Crippen molar-refractivity contribution in [1.29, 1.82) is 0 Å². The molecular weight excluding hydrogens is 316 g/mol. The van der Waals surface area contributed by atoms with Gasteiger partial charge in [-0.2, -0.15) is 0 Å². The van der Waals surface area contributed by atoms with Crippen molar-refractivity contribution >= 4 is 11.7 Å². The number of methoxy groups -OCH3 is 1. The normalized spacial score (nSPS) is 10.6. The molecule has 6 heteroatoms. The molecule has 1 heterocycles. The average Bonchev–Trinajstić information content (AvgIpc) is 2.59. The van der Waals surface area contributed by atoms with Crippen LogP contribution in [0.2, 0.25) is 0 Å². The summed E-state index contributed by atoms with van der Waals surface area (Å²) in [5.41, 5.74) is 1.49. The van der Waals surface area contributed by atoms with Crippen LogP contribution >= 0.6 is 0 Å². The molecule has 0 aliphatic carbocycles. The first kappa shape index (κ1) is 18.7. The highest BCUT2D eigenvalue weighted by atomic mass is 16.5. The molecular formula is C19H26N4O2. The van der Waals surface area contributed by atoms with Crippen molar-refractivity contribution in [3.05, 3.63) is 47.4 Å². The molecule has 0 saturated carbocycles. The molecule has 0 unspecified atom stereocenters. The van der Waals surface area contributed by atoms with Crippen LogP contribution < -0.4 is 15.4 Å². The monoisotopic (exact) mass is 342 g/mol. The maximum atomic E-state index is 12.3. The number of hydrogen-bond donors (Lipinski definition) is 2. The predicted molar refractivity (Wildman–Crippen MR) is 99.1 cm³/mol. The van der Waals surface area contributed by atoms with E-state index in [2.05, 4.69) is 34.4 Å². The molecule has 0 aliphatic heterocycles. The maximum Gasteiger partial charge on any atom is 0.270 e. The molecule has 2 N–H and O–H groups in total. The van der Waals surface area contributed by atoms with Crippen LogP contribution in [-0.2, 0) is 6.42 Å². The van der Waals surface area contributed by atoms with Crippen LogP contribution in [0.25, 0.3) is 0 Å². The van der Waals surface area contributed by atoms with Crippen molar-refractivity contribution in [2.24, 2.45) is 5.92 Å². The Labute approximate surface area is 149 Å². The lowest BCUT2D eigenvalue weighted by molar-refractivity contribution is 0.0949. The number of aromatic nitrogens is 2. The van der Waals surface area contributed by atoms with Crippen LogP contribution in [0, 0.1) is 12.8 Å². The van der Waals surface area contributed by atoms with Gasteiger partial charge in [-0.1, -0.05) is 26.0 Å². The molecule has 0 spiro atoms. The van der Waals surface area contributed by atoms with Gasteiger partial charge in [-0.05, 0) is 37.0 Å². The molecule has 134 valence electrons. The lowest BCUT2D eigenvalue weighted by atomic mass is 10.1. The SMILES string of the molecule is COc1cccc(CCNC(=O)c2cc(NCC(C)C)nc(C)n2)c1. The second-order valence-electron chi connectivity index (χ2n) is 6.32. The number of carbonyl (C=O) groups is 1. The average molecular weight is 342 g/mol. The first-order valence-corrected chi connectivity index (χ1v) is 8.48. The Morgan fingerprint density at radius 3 is 2.76 bits per heavy atom. The topological polar surface area (TPSA) is 76.1 Å². The van der Waals surface area contributed by atoms with Crippen LogP contribution in [0.5, 0.6) is 5.75 Å². The van der Waals surface area contributed by atoms with Crippen LogP contribution in [0.1, 0.15) is 35.7 Å². The third-order valence-electron chi connectivity index (χ3n) is 3.60. The quantitative estimate of drug-likeness (QED) is 0.771. The summed E-state index contributed by atoms with van der Waals surface area (Å²) in [5.74, 6) is 2.37. The molecule has 2 aromatic rings. The van der Waals surface area contributed by atoms with Crippen molar-refractivity contribution in [2.45, 2.75) is 27.2 Å². The van der Waals surface area contributed by atoms with E-state index < -0.39 is 0 Å². The minimum absolute atomic E-state index is 0.194. The summed E-state index contributed by atoms with van der Waals surface area (Å²) in [6, 6.07) is 9.51. The second kappa shape index (κ2) is 9.01. The summed E-state index contributed by atoms with van der Waals surface area (Å²) in [6.45, 7) is 7.35. The molecule has 1 aromatic heterocycles. The zero-order valence-electron chi connectivity index (χ0n) is 15.3. The van der Waals surface area contributed by atoms with E-state index in [1.807, 2.05) is 24.3 Å². The van der Waals surface area contributed by atoms with Gasteiger partial charge in [0.25, 0.3) is 5.91 Å². The summed E-state index contributed by atoms with van der Waals surface area (Å²) < 4.78 is 5.21. The minimum atomic E-state index is -0.194. The fraction of sp³-hybridized carbons (Fsp3) is 0.421. The Hall–Kier alpha value is -2.63. The molecule has 0 bridgehead atoms. The Bertz CT molecular complexity index is 716. The van der Waals surface area contributed by atoms with Gasteiger partial charge < -0.3 is 15.4 Å². The smallest absolute Gasteiger partial charge is 0.270 e. The largest absolute Gasteiger partial charge is 0.497 e. The highest BCUT2D eigenvalue weighted by molar-refractivity contribution is 5.92. The highest BCUT2D eigenvalue weighted by Crippen LogP contribution is 2.13. The number of ether oxygens (including phenoxy) is 1. The van der Waals surface area contributed by atoms with Gasteiger partial charge in [-0.15, -0.1) is 0 Å². The van der Waals surface area contributed by atoms with Crippen molar-refractivity contribution in [3.63, 3.8) is 0 Å². The van der Waals surface area contributed by atoms with Crippen LogP contribution in [0.3, 0.4) is 0 Å². The summed E-state index contributed by atoms with van der Waals surface area (Å²) in [6.07, 6.45) is 0.728. The zero-order chi connectivity index (χ0) is 18.2. The van der Waals surface area contributed by atoms with E-state index in [4.69, 9.17) is 4.74 Å². The van der Waals surface area contributed by atoms with Crippen LogP contribution in [-0.4, -0.2) is 36.1 Å². The summed E-state index contributed by atoms with van der Waals surface area (Å²) >= 11 is 0. The highest BCUT2D eigenvalue weighted by Gasteiger charge is 2.10. The molecule has 1 amide bonds. The molecule has 6 nitrogen and oxygen atoms in total. The molecule has 0 saturated heterocycles. The number of hydrogen-bond acceptors (Lipinski definition) is 5. The summed E-state index contributed by atoms with van der Waals surface area (Å²) in [7, 11) is 1.64. The third-order valence-corrected chi connectivity index (χ3v) is 3.60. The molecule has 0 fully saturated rings. The van der Waals surface area contributed by atoms with Gasteiger partial charge in [-0.3, -0.25) is 4.79 Å². The molecule has 2 rings (SSSR count). The van der Waals surface area contributed by atoms with E-state index in [0.29, 0.717) is 29.8 Å². The van der Waals surface area contributed by atoms with E-state index in [1.165, 1.54) is 0 Å². The first-order valence-electron chi connectivity index (χ1n) is 8.48. The maximum absolute atomic E-state index is 12.3. The number of carbonyl (C=O) groups excluding carboxylic acids is 1. The van der Waals surface area contributed by atoms with Gasteiger partial charge in [0.2, 0.25) is 0 Å². The van der Waals surface area contributed by atoms with Gasteiger partial charge in [-0.25, -0.2) is 9.97 Å². The van der Waals surface area contributed by atoms with Gasteiger partial charge >= 0.3 is 0 Å².